The van der Waals surface area contributed by atoms with Crippen molar-refractivity contribution in [1.82, 2.24) is 0 Å². The molecule has 0 unspecified atom stereocenters. The van der Waals surface area contributed by atoms with Crippen molar-refractivity contribution in [1.29, 1.82) is 0 Å². The van der Waals surface area contributed by atoms with Gasteiger partial charge in [0.25, 0.3) is 0 Å². The van der Waals surface area contributed by atoms with Gasteiger partial charge in [0.05, 0.1) is 0 Å². The molecule has 0 radical (unpaired) electrons. The maximum atomic E-state index is 9.98. The van der Waals surface area contributed by atoms with Crippen LogP contribution in [0.25, 0.3) is 0 Å². The van der Waals surface area contributed by atoms with Crippen LogP contribution in [-0.4, -0.2) is 13.2 Å². The Morgan fingerprint density at radius 1 is 1.42 bits per heavy atom. The van der Waals surface area contributed by atoms with Crippen LogP contribution in [0.3, 0.4) is 0 Å². The second-order valence-electron chi connectivity index (χ2n) is 2.22. The summed E-state index contributed by atoms with van der Waals surface area (Å²) in [5, 5.41) is 0. The fourth-order valence-electron chi connectivity index (χ4n) is 0.929. The maximum absolute atomic E-state index is 9.98. The van der Waals surface area contributed by atoms with Crippen LogP contribution < -0.4 is 0 Å². The van der Waals surface area contributed by atoms with Crippen LogP contribution >= 0.6 is 0 Å². The predicted molar refractivity (Wildman–Crippen MR) is 44.3 cm³/mol. The molecule has 1 aromatic carbocycles. The minimum atomic E-state index is -0.524. The monoisotopic (exact) mass is 163 g/mol. The second-order valence-corrected chi connectivity index (χ2v) is 2.22. The van der Waals surface area contributed by atoms with Crippen molar-refractivity contribution < 1.29 is 9.53 Å². The van der Waals surface area contributed by atoms with Gasteiger partial charge in [0, 0.05) is 12.7 Å². The van der Waals surface area contributed by atoms with Crippen molar-refractivity contribution in [3.63, 3.8) is 0 Å². The smallest absolute Gasteiger partial charge is 0.238 e. The topological polar surface area (TPSA) is 38.7 Å². The molecule has 0 aliphatic heterocycles. The first-order valence-corrected chi connectivity index (χ1v) is 3.53. The summed E-state index contributed by atoms with van der Waals surface area (Å²) in [7, 11) is 1.50. The average Bonchev–Trinajstić information content (AvgIpc) is 2.15. The quantitative estimate of drug-likeness (QED) is 0.502. The summed E-state index contributed by atoms with van der Waals surface area (Å²) >= 11 is 0. The Morgan fingerprint density at radius 2 is 2.08 bits per heavy atom. The Balaban J connectivity index is 2.87. The number of benzene rings is 1. The molecule has 0 aliphatic rings. The van der Waals surface area contributed by atoms with E-state index in [0.29, 0.717) is 0 Å². The van der Waals surface area contributed by atoms with Crippen molar-refractivity contribution in [2.75, 3.05) is 7.11 Å². The number of hydrogen-bond donors (Lipinski definition) is 0. The van der Waals surface area contributed by atoms with Crippen LogP contribution in [0.1, 0.15) is 11.8 Å². The van der Waals surface area contributed by atoms with Crippen LogP contribution in [0.15, 0.2) is 35.3 Å². The highest BCUT2D eigenvalue weighted by atomic mass is 16.5. The number of carbonyl (C=O) groups excluding carboxylic acids is 1. The molecule has 0 spiro atoms. The molecule has 0 heterocycles. The van der Waals surface area contributed by atoms with Gasteiger partial charge < -0.3 is 4.74 Å². The molecule has 0 aromatic heterocycles. The van der Waals surface area contributed by atoms with Crippen molar-refractivity contribution in [2.24, 2.45) is 4.99 Å². The number of ether oxygens (including phenoxy) is 1. The Kier molecular flexibility index (Phi) is 3.20. The summed E-state index contributed by atoms with van der Waals surface area (Å²) in [6.07, 6.45) is 0.943. The van der Waals surface area contributed by atoms with Crippen LogP contribution in [0, 0.1) is 0 Å². The lowest BCUT2D eigenvalue weighted by atomic mass is 10.2. The predicted octanol–water partition coefficient (Wildman–Crippen LogP) is 1.67. The summed E-state index contributed by atoms with van der Waals surface area (Å²) < 4.78 is 4.95. The lowest BCUT2D eigenvalue weighted by Crippen LogP contribution is -1.96. The third-order valence-corrected chi connectivity index (χ3v) is 1.48. The molecule has 0 fully saturated rings. The van der Waals surface area contributed by atoms with E-state index in [4.69, 9.17) is 4.74 Å². The number of isocyanates is 1. The van der Waals surface area contributed by atoms with Crippen molar-refractivity contribution >= 4 is 6.08 Å². The SMILES string of the molecule is CO[C@H](N=C=O)c1ccccc1. The van der Waals surface area contributed by atoms with Crippen molar-refractivity contribution in [2.45, 2.75) is 6.23 Å². The molecule has 3 heteroatoms. The minimum absolute atomic E-state index is 0.524. The van der Waals surface area contributed by atoms with Gasteiger partial charge in [0.1, 0.15) is 0 Å². The second kappa shape index (κ2) is 4.44. The fourth-order valence-corrected chi connectivity index (χ4v) is 0.929. The van der Waals surface area contributed by atoms with Gasteiger partial charge in [-0.2, -0.15) is 4.99 Å². The van der Waals surface area contributed by atoms with Gasteiger partial charge in [-0.15, -0.1) is 0 Å². The van der Waals surface area contributed by atoms with Gasteiger partial charge in [-0.05, 0) is 0 Å². The van der Waals surface area contributed by atoms with E-state index < -0.39 is 6.23 Å². The van der Waals surface area contributed by atoms with Crippen LogP contribution in [0.2, 0.25) is 0 Å². The first kappa shape index (κ1) is 8.65. The van der Waals surface area contributed by atoms with E-state index in [0.717, 1.165) is 5.56 Å². The third-order valence-electron chi connectivity index (χ3n) is 1.48. The molecule has 0 bridgehead atoms. The van der Waals surface area contributed by atoms with E-state index in [9.17, 15) is 4.79 Å². The molecule has 0 saturated carbocycles. The molecule has 1 atom stereocenters. The van der Waals surface area contributed by atoms with E-state index in [1.807, 2.05) is 30.3 Å². The summed E-state index contributed by atoms with van der Waals surface area (Å²) in [5.74, 6) is 0. The Morgan fingerprint density at radius 3 is 2.58 bits per heavy atom. The van der Waals surface area contributed by atoms with Gasteiger partial charge in [-0.3, -0.25) is 0 Å². The van der Waals surface area contributed by atoms with E-state index in [-0.39, 0.29) is 0 Å². The van der Waals surface area contributed by atoms with Gasteiger partial charge >= 0.3 is 0 Å². The third kappa shape index (κ3) is 2.02. The van der Waals surface area contributed by atoms with E-state index in [1.165, 1.54) is 13.2 Å². The summed E-state index contributed by atoms with van der Waals surface area (Å²) in [5.41, 5.74) is 0.850. The number of aliphatic imine (C=N–C) groups is 1. The van der Waals surface area contributed by atoms with Crippen molar-refractivity contribution in [3.8, 4) is 0 Å². The lowest BCUT2D eigenvalue weighted by molar-refractivity contribution is 0.111. The first-order chi connectivity index (χ1) is 5.88. The van der Waals surface area contributed by atoms with E-state index in [1.54, 1.807) is 0 Å². The van der Waals surface area contributed by atoms with Gasteiger partial charge in [0.2, 0.25) is 6.08 Å². The minimum Gasteiger partial charge on any atom is -0.355 e. The Hall–Kier alpha value is -1.44. The fraction of sp³-hybridized carbons (Fsp3) is 0.222. The largest absolute Gasteiger partial charge is 0.355 e. The highest BCUT2D eigenvalue weighted by molar-refractivity contribution is 5.34. The molecule has 0 amide bonds. The molecular formula is C9H9NO2. The number of rotatable bonds is 3. The maximum Gasteiger partial charge on any atom is 0.238 e. The van der Waals surface area contributed by atoms with Crippen molar-refractivity contribution in [3.05, 3.63) is 35.9 Å². The molecule has 1 rings (SSSR count). The number of nitrogens with zero attached hydrogens (tertiary/aromatic N) is 1. The molecule has 12 heavy (non-hydrogen) atoms. The molecular weight excluding hydrogens is 154 g/mol. The molecule has 0 aliphatic carbocycles. The van der Waals surface area contributed by atoms with Crippen LogP contribution in [0.4, 0.5) is 0 Å². The summed E-state index contributed by atoms with van der Waals surface area (Å²) in [6.45, 7) is 0. The Labute approximate surface area is 70.7 Å². The standard InChI is InChI=1S/C9H9NO2/c1-12-9(10-7-11)8-5-3-2-4-6-8/h2-6,9H,1H3/t9-/m0/s1. The van der Waals surface area contributed by atoms with Gasteiger partial charge in [-0.1, -0.05) is 30.3 Å². The molecule has 0 saturated heterocycles. The van der Waals surface area contributed by atoms with E-state index in [2.05, 4.69) is 4.99 Å². The zero-order valence-electron chi connectivity index (χ0n) is 6.73. The molecule has 0 N–H and O–H groups in total. The molecule has 62 valence electrons. The van der Waals surface area contributed by atoms with Crippen LogP contribution in [0.5, 0.6) is 0 Å². The average molecular weight is 163 g/mol. The molecule has 1 aromatic rings. The number of hydrogen-bond acceptors (Lipinski definition) is 3. The van der Waals surface area contributed by atoms with Crippen LogP contribution in [-0.2, 0) is 9.53 Å². The lowest BCUT2D eigenvalue weighted by Gasteiger charge is -2.07. The zero-order valence-corrected chi connectivity index (χ0v) is 6.73. The summed E-state index contributed by atoms with van der Waals surface area (Å²) in [4.78, 5) is 13.5. The Bertz CT molecular complexity index is 278. The van der Waals surface area contributed by atoms with Gasteiger partial charge in [-0.25, -0.2) is 4.79 Å². The number of methoxy groups -OCH3 is 1. The zero-order chi connectivity index (χ0) is 8.81. The molecule has 3 nitrogen and oxygen atoms in total. The van der Waals surface area contributed by atoms with E-state index >= 15 is 0 Å². The first-order valence-electron chi connectivity index (χ1n) is 3.53. The highest BCUT2D eigenvalue weighted by Gasteiger charge is 2.05. The normalized spacial score (nSPS) is 11.8. The summed E-state index contributed by atoms with van der Waals surface area (Å²) in [6, 6.07) is 9.30. The highest BCUT2D eigenvalue weighted by Crippen LogP contribution is 2.15. The van der Waals surface area contributed by atoms with Gasteiger partial charge in [0.15, 0.2) is 6.23 Å².